The van der Waals surface area contributed by atoms with Crippen molar-refractivity contribution in [2.24, 2.45) is 0 Å². The molecule has 0 bridgehead atoms. The zero-order valence-electron chi connectivity index (χ0n) is 16.3. The van der Waals surface area contributed by atoms with E-state index in [1.807, 2.05) is 61.3 Å². The average Bonchev–Trinajstić information content (AvgIpc) is 3.30. The van der Waals surface area contributed by atoms with Gasteiger partial charge in [0.1, 0.15) is 16.5 Å². The molecule has 0 aliphatic carbocycles. The van der Waals surface area contributed by atoms with Gasteiger partial charge in [-0.3, -0.25) is 4.79 Å². The van der Waals surface area contributed by atoms with Gasteiger partial charge < -0.3 is 18.9 Å². The van der Waals surface area contributed by atoms with Gasteiger partial charge in [0.15, 0.2) is 0 Å². The number of aromatic nitrogens is 1. The lowest BCUT2D eigenvalue weighted by atomic mass is 10.1. The largest absolute Gasteiger partial charge is 0.497 e. The van der Waals surface area contributed by atoms with Crippen LogP contribution in [0.15, 0.2) is 42.7 Å². The molecule has 0 aliphatic heterocycles. The summed E-state index contributed by atoms with van der Waals surface area (Å²) in [6.07, 6.45) is 3.93. The molecule has 0 aliphatic rings. The first-order valence-corrected chi connectivity index (χ1v) is 9.47. The topological polar surface area (TPSA) is 43.7 Å². The maximum Gasteiger partial charge on any atom is 0.257 e. The SMILES string of the molecule is COc1ccc(CN(C)C(=O)c2c(-n3cccc3)sc(C)c2C)c(OC)c1. The number of ether oxygens (including phenoxy) is 2. The van der Waals surface area contributed by atoms with Gasteiger partial charge in [0.05, 0.1) is 19.8 Å². The first-order valence-electron chi connectivity index (χ1n) is 8.66. The number of aryl methyl sites for hydroxylation is 1. The highest BCUT2D eigenvalue weighted by Crippen LogP contribution is 2.32. The van der Waals surface area contributed by atoms with Crippen LogP contribution in [0.4, 0.5) is 0 Å². The fraction of sp³-hybridized carbons (Fsp3) is 0.286. The third kappa shape index (κ3) is 3.71. The Morgan fingerprint density at radius 1 is 1.15 bits per heavy atom. The van der Waals surface area contributed by atoms with Crippen LogP contribution >= 0.6 is 11.3 Å². The van der Waals surface area contributed by atoms with Crippen molar-refractivity contribution in [3.8, 4) is 16.5 Å². The van der Waals surface area contributed by atoms with E-state index < -0.39 is 0 Å². The summed E-state index contributed by atoms with van der Waals surface area (Å²) in [5, 5.41) is 0.952. The summed E-state index contributed by atoms with van der Waals surface area (Å²) in [7, 11) is 5.06. The molecule has 1 aromatic carbocycles. The van der Waals surface area contributed by atoms with Gasteiger partial charge in [-0.05, 0) is 43.7 Å². The van der Waals surface area contributed by atoms with Crippen molar-refractivity contribution in [1.82, 2.24) is 9.47 Å². The van der Waals surface area contributed by atoms with Gasteiger partial charge in [-0.1, -0.05) is 0 Å². The summed E-state index contributed by atoms with van der Waals surface area (Å²) >= 11 is 1.64. The number of carbonyl (C=O) groups excluding carboxylic acids is 1. The number of amides is 1. The van der Waals surface area contributed by atoms with Crippen LogP contribution in [-0.4, -0.2) is 36.6 Å². The van der Waals surface area contributed by atoms with E-state index in [-0.39, 0.29) is 5.91 Å². The Balaban J connectivity index is 1.91. The van der Waals surface area contributed by atoms with Crippen LogP contribution in [0.1, 0.15) is 26.4 Å². The molecular formula is C21H24N2O3S. The highest BCUT2D eigenvalue weighted by molar-refractivity contribution is 7.15. The number of hydrogen-bond donors (Lipinski definition) is 0. The third-order valence-electron chi connectivity index (χ3n) is 4.67. The van der Waals surface area contributed by atoms with Crippen molar-refractivity contribution in [1.29, 1.82) is 0 Å². The van der Waals surface area contributed by atoms with E-state index in [0.717, 1.165) is 32.3 Å². The lowest BCUT2D eigenvalue weighted by molar-refractivity contribution is 0.0784. The summed E-state index contributed by atoms with van der Waals surface area (Å²) in [6.45, 7) is 4.51. The standard InChI is InChI=1S/C21H24N2O3S/c1-14-15(2)27-21(23-10-6-7-11-23)19(14)20(24)22(3)13-16-8-9-17(25-4)12-18(16)26-5/h6-12H,13H2,1-5H3. The van der Waals surface area contributed by atoms with Crippen molar-refractivity contribution in [2.45, 2.75) is 20.4 Å². The van der Waals surface area contributed by atoms with E-state index in [0.29, 0.717) is 12.3 Å². The van der Waals surface area contributed by atoms with E-state index in [2.05, 4.69) is 6.92 Å². The Kier molecular flexibility index (Phi) is 5.56. The van der Waals surface area contributed by atoms with E-state index in [9.17, 15) is 4.79 Å². The molecule has 3 rings (SSSR count). The number of hydrogen-bond acceptors (Lipinski definition) is 4. The van der Waals surface area contributed by atoms with Crippen molar-refractivity contribution in [3.63, 3.8) is 0 Å². The van der Waals surface area contributed by atoms with Gasteiger partial charge in [-0.15, -0.1) is 11.3 Å². The van der Waals surface area contributed by atoms with Crippen molar-refractivity contribution < 1.29 is 14.3 Å². The summed E-state index contributed by atoms with van der Waals surface area (Å²) in [6, 6.07) is 9.56. The monoisotopic (exact) mass is 384 g/mol. The Labute approximate surface area is 163 Å². The molecule has 0 fully saturated rings. The van der Waals surface area contributed by atoms with Gasteiger partial charge >= 0.3 is 0 Å². The van der Waals surface area contributed by atoms with E-state index in [1.54, 1.807) is 30.5 Å². The first kappa shape index (κ1) is 19.0. The Hall–Kier alpha value is -2.73. The van der Waals surface area contributed by atoms with Gasteiger partial charge in [-0.2, -0.15) is 0 Å². The van der Waals surface area contributed by atoms with Crippen LogP contribution in [-0.2, 0) is 6.54 Å². The molecule has 0 unspecified atom stereocenters. The summed E-state index contributed by atoms with van der Waals surface area (Å²) in [4.78, 5) is 16.2. The zero-order valence-corrected chi connectivity index (χ0v) is 17.1. The molecule has 0 radical (unpaired) electrons. The maximum atomic E-state index is 13.3. The summed E-state index contributed by atoms with van der Waals surface area (Å²) in [5.74, 6) is 1.43. The van der Waals surface area contributed by atoms with Crippen LogP contribution in [0.2, 0.25) is 0 Å². The summed E-state index contributed by atoms with van der Waals surface area (Å²) < 4.78 is 12.7. The smallest absolute Gasteiger partial charge is 0.257 e. The van der Waals surface area contributed by atoms with Gasteiger partial charge in [0.25, 0.3) is 5.91 Å². The quantitative estimate of drug-likeness (QED) is 0.631. The molecule has 0 N–H and O–H groups in total. The number of carbonyl (C=O) groups is 1. The molecule has 27 heavy (non-hydrogen) atoms. The Morgan fingerprint density at radius 3 is 2.48 bits per heavy atom. The first-order chi connectivity index (χ1) is 13.0. The molecule has 0 saturated carbocycles. The number of benzene rings is 1. The Morgan fingerprint density at radius 2 is 1.85 bits per heavy atom. The van der Waals surface area contributed by atoms with Gasteiger partial charge in [0.2, 0.25) is 0 Å². The fourth-order valence-electron chi connectivity index (χ4n) is 3.01. The van der Waals surface area contributed by atoms with Crippen molar-refractivity contribution in [2.75, 3.05) is 21.3 Å². The summed E-state index contributed by atoms with van der Waals surface area (Å²) in [5.41, 5.74) is 2.71. The van der Waals surface area contributed by atoms with Crippen LogP contribution < -0.4 is 9.47 Å². The molecule has 3 aromatic rings. The average molecular weight is 385 g/mol. The minimum Gasteiger partial charge on any atom is -0.497 e. The predicted molar refractivity (Wildman–Crippen MR) is 108 cm³/mol. The molecule has 5 nitrogen and oxygen atoms in total. The highest BCUT2D eigenvalue weighted by atomic mass is 32.1. The maximum absolute atomic E-state index is 13.3. The lowest BCUT2D eigenvalue weighted by Gasteiger charge is -2.20. The second-order valence-electron chi connectivity index (χ2n) is 6.39. The third-order valence-corrected chi connectivity index (χ3v) is 5.89. The molecule has 1 amide bonds. The van der Waals surface area contributed by atoms with E-state index in [4.69, 9.17) is 9.47 Å². The number of rotatable bonds is 6. The highest BCUT2D eigenvalue weighted by Gasteiger charge is 2.24. The number of nitrogens with zero attached hydrogens (tertiary/aromatic N) is 2. The predicted octanol–water partition coefficient (Wildman–Crippen LogP) is 4.45. The van der Waals surface area contributed by atoms with Crippen molar-refractivity contribution >= 4 is 17.2 Å². The molecule has 2 heterocycles. The lowest BCUT2D eigenvalue weighted by Crippen LogP contribution is -2.27. The second kappa shape index (κ2) is 7.88. The van der Waals surface area contributed by atoms with Crippen LogP contribution in [0, 0.1) is 13.8 Å². The molecule has 6 heteroatoms. The van der Waals surface area contributed by atoms with Crippen LogP contribution in [0.5, 0.6) is 11.5 Å². The Bertz CT molecular complexity index is 945. The van der Waals surface area contributed by atoms with E-state index in [1.165, 1.54) is 0 Å². The molecule has 0 atom stereocenters. The molecule has 142 valence electrons. The van der Waals surface area contributed by atoms with E-state index >= 15 is 0 Å². The number of thiophene rings is 1. The van der Waals surface area contributed by atoms with Gasteiger partial charge in [0, 0.05) is 42.5 Å². The van der Waals surface area contributed by atoms with Crippen LogP contribution in [0.25, 0.3) is 5.00 Å². The second-order valence-corrected chi connectivity index (χ2v) is 7.60. The number of methoxy groups -OCH3 is 2. The van der Waals surface area contributed by atoms with Crippen molar-refractivity contribution in [3.05, 3.63) is 64.3 Å². The minimum absolute atomic E-state index is 0.00146. The van der Waals surface area contributed by atoms with Crippen LogP contribution in [0.3, 0.4) is 0 Å². The molecule has 0 spiro atoms. The normalized spacial score (nSPS) is 10.7. The molecule has 2 aromatic heterocycles. The fourth-order valence-corrected chi connectivity index (χ4v) is 4.13. The molecule has 0 saturated heterocycles. The van der Waals surface area contributed by atoms with Gasteiger partial charge in [-0.25, -0.2) is 0 Å². The zero-order chi connectivity index (χ0) is 19.6. The minimum atomic E-state index is -0.00146. The molecular weight excluding hydrogens is 360 g/mol.